The molecule has 0 aromatic rings. The van der Waals surface area contributed by atoms with Gasteiger partial charge in [0, 0.05) is 13.0 Å². The molecule has 1 nitrogen and oxygen atoms in total. The number of methoxy groups -OCH3 is 1. The first-order valence-electron chi connectivity index (χ1n) is 6.62. The molecular formula is C14H24O. The Kier molecular flexibility index (Phi) is 4.25. The number of hydrogen-bond acceptors (Lipinski definition) is 1. The lowest BCUT2D eigenvalue weighted by molar-refractivity contribution is 0.0411. The first kappa shape index (κ1) is 11.2. The summed E-state index contributed by atoms with van der Waals surface area (Å²) in [6.45, 7) is 0. The lowest BCUT2D eigenvalue weighted by Crippen LogP contribution is -2.25. The van der Waals surface area contributed by atoms with Gasteiger partial charge in [-0.1, -0.05) is 30.9 Å². The summed E-state index contributed by atoms with van der Waals surface area (Å²) < 4.78 is 5.60. The van der Waals surface area contributed by atoms with Gasteiger partial charge in [-0.25, -0.2) is 0 Å². The fourth-order valence-corrected chi connectivity index (χ4v) is 3.08. The van der Waals surface area contributed by atoms with E-state index in [0.717, 1.165) is 5.92 Å². The summed E-state index contributed by atoms with van der Waals surface area (Å²) >= 11 is 0. The van der Waals surface area contributed by atoms with Crippen LogP contribution in [0.2, 0.25) is 0 Å². The first-order chi connectivity index (χ1) is 7.40. The van der Waals surface area contributed by atoms with Crippen molar-refractivity contribution in [2.45, 2.75) is 63.9 Å². The van der Waals surface area contributed by atoms with Crippen molar-refractivity contribution in [2.75, 3.05) is 7.11 Å². The highest BCUT2D eigenvalue weighted by Crippen LogP contribution is 2.31. The Balaban J connectivity index is 1.94. The van der Waals surface area contributed by atoms with E-state index in [1.165, 1.54) is 57.8 Å². The second-order valence-corrected chi connectivity index (χ2v) is 5.11. The lowest BCUT2D eigenvalue weighted by atomic mass is 9.83. The zero-order valence-electron chi connectivity index (χ0n) is 10.0. The second-order valence-electron chi connectivity index (χ2n) is 5.11. The zero-order valence-corrected chi connectivity index (χ0v) is 10.0. The zero-order chi connectivity index (χ0) is 10.5. The molecule has 0 bridgehead atoms. The van der Waals surface area contributed by atoms with E-state index in [9.17, 15) is 0 Å². The second kappa shape index (κ2) is 5.69. The third kappa shape index (κ3) is 3.07. The molecule has 2 saturated carbocycles. The SMILES string of the molecule is COC1CCCCC1C=C1CCCCC1. The minimum Gasteiger partial charge on any atom is -0.381 e. The van der Waals surface area contributed by atoms with E-state index in [1.54, 1.807) is 5.57 Å². The van der Waals surface area contributed by atoms with E-state index >= 15 is 0 Å². The molecule has 0 aromatic carbocycles. The third-order valence-corrected chi connectivity index (χ3v) is 4.00. The van der Waals surface area contributed by atoms with E-state index in [1.807, 2.05) is 7.11 Å². The fraction of sp³-hybridized carbons (Fsp3) is 0.857. The lowest BCUT2D eigenvalue weighted by Gasteiger charge is -2.29. The molecule has 0 amide bonds. The van der Waals surface area contributed by atoms with Crippen molar-refractivity contribution < 1.29 is 4.74 Å². The fourth-order valence-electron chi connectivity index (χ4n) is 3.08. The van der Waals surface area contributed by atoms with Crippen LogP contribution in [0.15, 0.2) is 11.6 Å². The molecule has 0 aliphatic heterocycles. The van der Waals surface area contributed by atoms with E-state index in [-0.39, 0.29) is 0 Å². The molecule has 86 valence electrons. The maximum Gasteiger partial charge on any atom is 0.0634 e. The molecule has 1 heteroatoms. The Bertz CT molecular complexity index is 211. The summed E-state index contributed by atoms with van der Waals surface area (Å²) in [4.78, 5) is 0. The van der Waals surface area contributed by atoms with Gasteiger partial charge in [0.05, 0.1) is 6.10 Å². The molecule has 2 fully saturated rings. The number of hydrogen-bond donors (Lipinski definition) is 0. The first-order valence-corrected chi connectivity index (χ1v) is 6.62. The normalized spacial score (nSPS) is 32.7. The predicted octanol–water partition coefficient (Wildman–Crippen LogP) is 4.08. The van der Waals surface area contributed by atoms with Crippen molar-refractivity contribution in [1.82, 2.24) is 0 Å². The van der Waals surface area contributed by atoms with Crippen LogP contribution in [0.1, 0.15) is 57.8 Å². The van der Waals surface area contributed by atoms with Gasteiger partial charge in [-0.3, -0.25) is 0 Å². The van der Waals surface area contributed by atoms with Crippen molar-refractivity contribution >= 4 is 0 Å². The molecule has 0 saturated heterocycles. The Morgan fingerprint density at radius 2 is 1.73 bits per heavy atom. The molecule has 15 heavy (non-hydrogen) atoms. The van der Waals surface area contributed by atoms with Gasteiger partial charge in [0.15, 0.2) is 0 Å². The standard InChI is InChI=1S/C14H24O/c1-15-14-10-6-5-9-13(14)11-12-7-3-2-4-8-12/h11,13-14H,2-10H2,1H3. The Morgan fingerprint density at radius 3 is 2.47 bits per heavy atom. The summed E-state index contributed by atoms with van der Waals surface area (Å²) in [5.74, 6) is 0.719. The van der Waals surface area contributed by atoms with Crippen molar-refractivity contribution in [3.63, 3.8) is 0 Å². The quantitative estimate of drug-likeness (QED) is 0.621. The predicted molar refractivity (Wildman–Crippen MR) is 63.9 cm³/mol. The summed E-state index contributed by atoms with van der Waals surface area (Å²) in [6.07, 6.45) is 15.4. The van der Waals surface area contributed by atoms with Crippen LogP contribution in [0.3, 0.4) is 0 Å². The molecule has 2 rings (SSSR count). The van der Waals surface area contributed by atoms with E-state index in [2.05, 4.69) is 6.08 Å². The van der Waals surface area contributed by atoms with E-state index < -0.39 is 0 Å². The topological polar surface area (TPSA) is 9.23 Å². The summed E-state index contributed by atoms with van der Waals surface area (Å²) in [5.41, 5.74) is 1.72. The van der Waals surface area contributed by atoms with Crippen LogP contribution in [0.4, 0.5) is 0 Å². The van der Waals surface area contributed by atoms with Crippen LogP contribution in [-0.4, -0.2) is 13.2 Å². The maximum absolute atomic E-state index is 5.60. The molecule has 2 aliphatic rings. The molecule has 2 aliphatic carbocycles. The minimum absolute atomic E-state index is 0.508. The van der Waals surface area contributed by atoms with Gasteiger partial charge in [0.1, 0.15) is 0 Å². The Hall–Kier alpha value is -0.300. The Morgan fingerprint density at radius 1 is 1.00 bits per heavy atom. The van der Waals surface area contributed by atoms with Gasteiger partial charge in [-0.2, -0.15) is 0 Å². The summed E-state index contributed by atoms with van der Waals surface area (Å²) in [7, 11) is 1.88. The van der Waals surface area contributed by atoms with Crippen LogP contribution < -0.4 is 0 Å². The van der Waals surface area contributed by atoms with Crippen molar-refractivity contribution in [1.29, 1.82) is 0 Å². The van der Waals surface area contributed by atoms with Crippen LogP contribution in [-0.2, 0) is 4.74 Å². The maximum atomic E-state index is 5.60. The minimum atomic E-state index is 0.508. The molecule has 0 N–H and O–H groups in total. The van der Waals surface area contributed by atoms with Crippen LogP contribution in [0.5, 0.6) is 0 Å². The van der Waals surface area contributed by atoms with Crippen LogP contribution in [0.25, 0.3) is 0 Å². The molecule has 0 heterocycles. The van der Waals surface area contributed by atoms with Crippen LogP contribution >= 0.6 is 0 Å². The van der Waals surface area contributed by atoms with Crippen LogP contribution in [0, 0.1) is 5.92 Å². The van der Waals surface area contributed by atoms with Gasteiger partial charge in [0.2, 0.25) is 0 Å². The smallest absolute Gasteiger partial charge is 0.0634 e. The molecule has 2 unspecified atom stereocenters. The van der Waals surface area contributed by atoms with E-state index in [0.29, 0.717) is 6.10 Å². The van der Waals surface area contributed by atoms with E-state index in [4.69, 9.17) is 4.74 Å². The highest BCUT2D eigenvalue weighted by atomic mass is 16.5. The highest BCUT2D eigenvalue weighted by molar-refractivity contribution is 5.08. The molecule has 0 spiro atoms. The average Bonchev–Trinajstić information content (AvgIpc) is 2.31. The van der Waals surface area contributed by atoms with Gasteiger partial charge >= 0.3 is 0 Å². The number of ether oxygens (including phenoxy) is 1. The number of rotatable bonds is 2. The molecule has 0 radical (unpaired) electrons. The third-order valence-electron chi connectivity index (χ3n) is 4.00. The molecule has 0 aromatic heterocycles. The van der Waals surface area contributed by atoms with Crippen molar-refractivity contribution in [3.8, 4) is 0 Å². The van der Waals surface area contributed by atoms with Gasteiger partial charge in [0.25, 0.3) is 0 Å². The summed E-state index contributed by atoms with van der Waals surface area (Å²) in [6, 6.07) is 0. The summed E-state index contributed by atoms with van der Waals surface area (Å²) in [5, 5.41) is 0. The number of allylic oxidation sites excluding steroid dienone is 1. The molecular weight excluding hydrogens is 184 g/mol. The Labute approximate surface area is 93.9 Å². The average molecular weight is 208 g/mol. The van der Waals surface area contributed by atoms with Gasteiger partial charge in [-0.05, 0) is 38.5 Å². The highest BCUT2D eigenvalue weighted by Gasteiger charge is 2.23. The molecule has 2 atom stereocenters. The van der Waals surface area contributed by atoms with Gasteiger partial charge < -0.3 is 4.74 Å². The van der Waals surface area contributed by atoms with Crippen molar-refractivity contribution in [2.24, 2.45) is 5.92 Å². The van der Waals surface area contributed by atoms with Gasteiger partial charge in [-0.15, -0.1) is 0 Å². The van der Waals surface area contributed by atoms with Crippen molar-refractivity contribution in [3.05, 3.63) is 11.6 Å². The monoisotopic (exact) mass is 208 g/mol. The largest absolute Gasteiger partial charge is 0.381 e.